The number of anilines is 1. The number of carbonyl (C=O) groups is 1. The summed E-state index contributed by atoms with van der Waals surface area (Å²) in [5, 5.41) is 7.13. The maximum atomic E-state index is 11.9. The first kappa shape index (κ1) is 18.9. The Morgan fingerprint density at radius 2 is 1.76 bits per heavy atom. The Balaban J connectivity index is 2.02. The van der Waals surface area contributed by atoms with Crippen molar-refractivity contribution in [3.05, 3.63) is 65.2 Å². The summed E-state index contributed by atoms with van der Waals surface area (Å²) in [4.78, 5) is 13.5. The maximum absolute atomic E-state index is 11.9. The average molecular weight is 356 g/mol. The Hall–Kier alpha value is -2.40. The van der Waals surface area contributed by atoms with Crippen LogP contribution < -0.4 is 10.6 Å². The van der Waals surface area contributed by atoms with Crippen molar-refractivity contribution in [2.75, 3.05) is 19.4 Å². The lowest BCUT2D eigenvalue weighted by atomic mass is 10.00. The molecular formula is C20H25N3OS. The van der Waals surface area contributed by atoms with Crippen LogP contribution in [0.1, 0.15) is 40.9 Å². The van der Waals surface area contributed by atoms with Crippen molar-refractivity contribution < 1.29 is 4.79 Å². The molecule has 5 heteroatoms. The van der Waals surface area contributed by atoms with E-state index in [1.165, 1.54) is 11.1 Å². The molecule has 0 aromatic heterocycles. The number of nitrogens with zero attached hydrogens (tertiary/aromatic N) is 1. The van der Waals surface area contributed by atoms with E-state index < -0.39 is 0 Å². The van der Waals surface area contributed by atoms with Crippen LogP contribution in [-0.4, -0.2) is 30.0 Å². The van der Waals surface area contributed by atoms with Gasteiger partial charge in [0.25, 0.3) is 5.91 Å². The van der Waals surface area contributed by atoms with Gasteiger partial charge in [0.1, 0.15) is 0 Å². The van der Waals surface area contributed by atoms with E-state index in [0.29, 0.717) is 10.7 Å². The molecule has 0 fully saturated rings. The molecule has 0 radical (unpaired) electrons. The largest absolute Gasteiger partial charge is 0.356 e. The summed E-state index contributed by atoms with van der Waals surface area (Å²) >= 11 is 5.45. The lowest BCUT2D eigenvalue weighted by Gasteiger charge is -2.21. The van der Waals surface area contributed by atoms with Gasteiger partial charge in [-0.05, 0) is 61.0 Å². The SMILES string of the molecule is CC[C@H](NC(=S)Nc1ccc(C(=O)N(C)C)cc1)c1ccccc1C. The fraction of sp³-hybridized carbons (Fsp3) is 0.300. The number of nitrogens with one attached hydrogen (secondary N) is 2. The predicted octanol–water partition coefficient (Wildman–Crippen LogP) is 4.13. The van der Waals surface area contributed by atoms with Gasteiger partial charge in [0.15, 0.2) is 5.11 Å². The van der Waals surface area contributed by atoms with Crippen LogP contribution in [0.15, 0.2) is 48.5 Å². The summed E-state index contributed by atoms with van der Waals surface area (Å²) in [7, 11) is 3.48. The van der Waals surface area contributed by atoms with Crippen molar-refractivity contribution >= 4 is 28.9 Å². The number of thiocarbonyl (C=S) groups is 1. The molecule has 0 aliphatic heterocycles. The van der Waals surface area contributed by atoms with Gasteiger partial charge in [-0.25, -0.2) is 0 Å². The van der Waals surface area contributed by atoms with Gasteiger partial charge in [-0.15, -0.1) is 0 Å². The molecule has 0 aliphatic rings. The van der Waals surface area contributed by atoms with Crippen LogP contribution in [0.25, 0.3) is 0 Å². The van der Waals surface area contributed by atoms with Crippen LogP contribution in [0.3, 0.4) is 0 Å². The van der Waals surface area contributed by atoms with Crippen LogP contribution in [0.5, 0.6) is 0 Å². The number of rotatable bonds is 5. The summed E-state index contributed by atoms with van der Waals surface area (Å²) in [6.07, 6.45) is 0.933. The molecule has 25 heavy (non-hydrogen) atoms. The Bertz CT molecular complexity index is 741. The Labute approximate surface area is 155 Å². The highest BCUT2D eigenvalue weighted by atomic mass is 32.1. The van der Waals surface area contributed by atoms with Crippen LogP contribution >= 0.6 is 12.2 Å². The molecule has 0 saturated carbocycles. The summed E-state index contributed by atoms with van der Waals surface area (Å²) in [6.45, 7) is 4.24. The first-order chi connectivity index (χ1) is 11.9. The lowest BCUT2D eigenvalue weighted by Crippen LogP contribution is -2.32. The van der Waals surface area contributed by atoms with Gasteiger partial charge in [-0.1, -0.05) is 31.2 Å². The van der Waals surface area contributed by atoms with Gasteiger partial charge in [-0.3, -0.25) is 4.79 Å². The number of carbonyl (C=O) groups excluding carboxylic acids is 1. The van der Waals surface area contributed by atoms with E-state index in [1.807, 2.05) is 24.3 Å². The third-order valence-electron chi connectivity index (χ3n) is 4.07. The van der Waals surface area contributed by atoms with E-state index >= 15 is 0 Å². The topological polar surface area (TPSA) is 44.4 Å². The monoisotopic (exact) mass is 355 g/mol. The van der Waals surface area contributed by atoms with E-state index in [0.717, 1.165) is 12.1 Å². The van der Waals surface area contributed by atoms with E-state index in [4.69, 9.17) is 12.2 Å². The highest BCUT2D eigenvalue weighted by Gasteiger charge is 2.13. The molecule has 2 aromatic rings. The smallest absolute Gasteiger partial charge is 0.253 e. The second kappa shape index (κ2) is 8.62. The minimum absolute atomic E-state index is 0.0159. The standard InChI is InChI=1S/C20H25N3OS/c1-5-18(17-9-7-6-8-14(17)2)22-20(25)21-16-12-10-15(11-13-16)19(24)23(3)4/h6-13,18H,5H2,1-4H3,(H2,21,22,25)/t18-/m0/s1. The summed E-state index contributed by atoms with van der Waals surface area (Å²) in [5.41, 5.74) is 4.01. The first-order valence-corrected chi connectivity index (χ1v) is 8.78. The zero-order valence-electron chi connectivity index (χ0n) is 15.2. The van der Waals surface area contributed by atoms with Crippen LogP contribution in [0.2, 0.25) is 0 Å². The van der Waals surface area contributed by atoms with Crippen molar-refractivity contribution in [1.82, 2.24) is 10.2 Å². The summed E-state index contributed by atoms with van der Waals surface area (Å²) in [6, 6.07) is 15.8. The summed E-state index contributed by atoms with van der Waals surface area (Å²) < 4.78 is 0. The van der Waals surface area contributed by atoms with E-state index in [9.17, 15) is 4.79 Å². The van der Waals surface area contributed by atoms with Gasteiger partial charge in [0.05, 0.1) is 6.04 Å². The van der Waals surface area contributed by atoms with Gasteiger partial charge in [0.2, 0.25) is 0 Å². The third kappa shape index (κ3) is 5.03. The number of aryl methyl sites for hydroxylation is 1. The molecule has 132 valence electrons. The lowest BCUT2D eigenvalue weighted by molar-refractivity contribution is 0.0827. The summed E-state index contributed by atoms with van der Waals surface area (Å²) in [5.74, 6) is -0.0159. The molecule has 1 atom stereocenters. The highest BCUT2D eigenvalue weighted by molar-refractivity contribution is 7.80. The van der Waals surface area contributed by atoms with Crippen LogP contribution in [0, 0.1) is 6.92 Å². The molecule has 0 saturated heterocycles. The Morgan fingerprint density at radius 1 is 1.12 bits per heavy atom. The Kier molecular flexibility index (Phi) is 6.53. The molecule has 1 amide bonds. The van der Waals surface area contributed by atoms with Crippen molar-refractivity contribution in [3.8, 4) is 0 Å². The first-order valence-electron chi connectivity index (χ1n) is 8.37. The second-order valence-corrected chi connectivity index (χ2v) is 6.60. The average Bonchev–Trinajstić information content (AvgIpc) is 2.60. The number of amides is 1. The quantitative estimate of drug-likeness (QED) is 0.792. The molecule has 0 aliphatic carbocycles. The van der Waals surface area contributed by atoms with E-state index in [2.05, 4.69) is 36.6 Å². The molecule has 2 N–H and O–H groups in total. The molecule has 2 rings (SSSR count). The molecular weight excluding hydrogens is 330 g/mol. The fourth-order valence-corrected chi connectivity index (χ4v) is 2.92. The zero-order chi connectivity index (χ0) is 18.4. The minimum atomic E-state index is -0.0159. The number of benzene rings is 2. The zero-order valence-corrected chi connectivity index (χ0v) is 16.0. The molecule has 0 heterocycles. The van der Waals surface area contributed by atoms with Crippen LogP contribution in [0.4, 0.5) is 5.69 Å². The van der Waals surface area contributed by atoms with Gasteiger partial charge in [-0.2, -0.15) is 0 Å². The van der Waals surface area contributed by atoms with Crippen molar-refractivity contribution in [1.29, 1.82) is 0 Å². The maximum Gasteiger partial charge on any atom is 0.253 e. The number of hydrogen-bond acceptors (Lipinski definition) is 2. The van der Waals surface area contributed by atoms with E-state index in [-0.39, 0.29) is 11.9 Å². The number of hydrogen-bond donors (Lipinski definition) is 2. The van der Waals surface area contributed by atoms with E-state index in [1.54, 1.807) is 31.1 Å². The van der Waals surface area contributed by atoms with Gasteiger partial charge in [0, 0.05) is 25.3 Å². The van der Waals surface area contributed by atoms with Crippen molar-refractivity contribution in [3.63, 3.8) is 0 Å². The van der Waals surface area contributed by atoms with Crippen molar-refractivity contribution in [2.45, 2.75) is 26.3 Å². The van der Waals surface area contributed by atoms with Gasteiger partial charge >= 0.3 is 0 Å². The molecule has 0 unspecified atom stereocenters. The molecule has 0 spiro atoms. The highest BCUT2D eigenvalue weighted by Crippen LogP contribution is 2.20. The molecule has 0 bridgehead atoms. The minimum Gasteiger partial charge on any atom is -0.356 e. The van der Waals surface area contributed by atoms with Crippen molar-refractivity contribution in [2.24, 2.45) is 0 Å². The Morgan fingerprint density at radius 3 is 2.32 bits per heavy atom. The van der Waals surface area contributed by atoms with Crippen LogP contribution in [-0.2, 0) is 0 Å². The fourth-order valence-electron chi connectivity index (χ4n) is 2.66. The molecule has 2 aromatic carbocycles. The third-order valence-corrected chi connectivity index (χ3v) is 4.29. The predicted molar refractivity (Wildman–Crippen MR) is 108 cm³/mol. The normalized spacial score (nSPS) is 11.5. The molecule has 4 nitrogen and oxygen atoms in total. The second-order valence-electron chi connectivity index (χ2n) is 6.19. The van der Waals surface area contributed by atoms with Gasteiger partial charge < -0.3 is 15.5 Å².